The number of nitrogens with zero attached hydrogens (tertiary/aromatic N) is 2. The molecule has 0 unspecified atom stereocenters. The van der Waals surface area contributed by atoms with E-state index in [2.05, 4.69) is 23.1 Å². The van der Waals surface area contributed by atoms with Gasteiger partial charge in [-0.05, 0) is 52.0 Å². The topological polar surface area (TPSA) is 25.8 Å². The third-order valence-corrected chi connectivity index (χ3v) is 3.29. The van der Waals surface area contributed by atoms with Crippen LogP contribution in [0.15, 0.2) is 0 Å². The van der Waals surface area contributed by atoms with Crippen molar-refractivity contribution >= 4 is 11.8 Å². The predicted molar refractivity (Wildman–Crippen MR) is 67.6 cm³/mol. The molecular weight excluding hydrogens is 204 g/mol. The molecule has 0 amide bonds. The highest BCUT2D eigenvalue weighted by atomic mass is 32.2. The Bertz CT molecular complexity index is 324. The van der Waals surface area contributed by atoms with E-state index in [1.54, 1.807) is 0 Å². The monoisotopic (exact) mass is 224 g/mol. The van der Waals surface area contributed by atoms with Crippen LogP contribution in [0.5, 0.6) is 0 Å². The van der Waals surface area contributed by atoms with Gasteiger partial charge in [-0.25, -0.2) is 0 Å². The molecule has 0 aliphatic rings. The summed E-state index contributed by atoms with van der Waals surface area (Å²) in [6.45, 7) is 6.11. The molecule has 15 heavy (non-hydrogen) atoms. The molecule has 0 saturated carbocycles. The second-order valence-corrected chi connectivity index (χ2v) is 4.86. The summed E-state index contributed by atoms with van der Waals surface area (Å²) in [7, 11) is 0. The van der Waals surface area contributed by atoms with E-state index in [1.807, 2.05) is 25.6 Å². The summed E-state index contributed by atoms with van der Waals surface area (Å²) in [5, 5.41) is 0. The van der Waals surface area contributed by atoms with Crippen molar-refractivity contribution in [3.05, 3.63) is 22.8 Å². The largest absolute Gasteiger partial charge is 0.255 e. The van der Waals surface area contributed by atoms with Crippen LogP contribution in [0.25, 0.3) is 0 Å². The van der Waals surface area contributed by atoms with Gasteiger partial charge in [0.05, 0.1) is 22.8 Å². The van der Waals surface area contributed by atoms with Crippen LogP contribution in [0.4, 0.5) is 0 Å². The second-order valence-electron chi connectivity index (χ2n) is 3.88. The van der Waals surface area contributed by atoms with E-state index in [4.69, 9.17) is 0 Å². The van der Waals surface area contributed by atoms with Crippen LogP contribution in [0.3, 0.4) is 0 Å². The highest BCUT2D eigenvalue weighted by Crippen LogP contribution is 2.11. The summed E-state index contributed by atoms with van der Waals surface area (Å²) in [4.78, 5) is 9.10. The maximum Gasteiger partial charge on any atom is 0.0619 e. The van der Waals surface area contributed by atoms with Gasteiger partial charge in [0, 0.05) is 0 Å². The number of thioether (sulfide) groups is 1. The van der Waals surface area contributed by atoms with Crippen LogP contribution in [-0.4, -0.2) is 22.0 Å². The first-order chi connectivity index (χ1) is 7.15. The van der Waals surface area contributed by atoms with E-state index in [9.17, 15) is 0 Å². The third kappa shape index (κ3) is 3.82. The molecule has 0 fully saturated rings. The lowest BCUT2D eigenvalue weighted by Gasteiger charge is -2.07. The van der Waals surface area contributed by atoms with Crippen LogP contribution in [0, 0.1) is 20.8 Å². The molecule has 0 bridgehead atoms. The van der Waals surface area contributed by atoms with Gasteiger partial charge in [-0.1, -0.05) is 0 Å². The van der Waals surface area contributed by atoms with Gasteiger partial charge in [-0.2, -0.15) is 11.8 Å². The Labute approximate surface area is 96.9 Å². The van der Waals surface area contributed by atoms with Crippen molar-refractivity contribution in [2.45, 2.75) is 40.0 Å². The van der Waals surface area contributed by atoms with E-state index in [0.29, 0.717) is 0 Å². The average molecular weight is 224 g/mol. The smallest absolute Gasteiger partial charge is 0.0619 e. The van der Waals surface area contributed by atoms with Crippen molar-refractivity contribution in [3.8, 4) is 0 Å². The second kappa shape index (κ2) is 6.11. The molecule has 0 N–H and O–H groups in total. The standard InChI is InChI=1S/C12H20N2S/c1-9-10(2)14-12(11(3)13-9)7-5-6-8-15-4/h5-8H2,1-4H3. The van der Waals surface area contributed by atoms with Crippen LogP contribution in [-0.2, 0) is 6.42 Å². The molecule has 1 aromatic heterocycles. The summed E-state index contributed by atoms with van der Waals surface area (Å²) in [5.41, 5.74) is 4.40. The van der Waals surface area contributed by atoms with Gasteiger partial charge >= 0.3 is 0 Å². The molecule has 0 spiro atoms. The number of aryl methyl sites for hydroxylation is 4. The number of rotatable bonds is 5. The van der Waals surface area contributed by atoms with Crippen molar-refractivity contribution in [2.75, 3.05) is 12.0 Å². The fourth-order valence-electron chi connectivity index (χ4n) is 1.54. The summed E-state index contributed by atoms with van der Waals surface area (Å²) < 4.78 is 0. The Morgan fingerprint density at radius 2 is 1.60 bits per heavy atom. The molecule has 1 heterocycles. The highest BCUT2D eigenvalue weighted by molar-refractivity contribution is 7.98. The van der Waals surface area contributed by atoms with Gasteiger partial charge < -0.3 is 0 Å². The van der Waals surface area contributed by atoms with Gasteiger partial charge in [0.1, 0.15) is 0 Å². The van der Waals surface area contributed by atoms with Crippen LogP contribution in [0.2, 0.25) is 0 Å². The minimum absolute atomic E-state index is 1.06. The lowest BCUT2D eigenvalue weighted by Crippen LogP contribution is -2.02. The molecule has 0 aromatic carbocycles. The van der Waals surface area contributed by atoms with Crippen molar-refractivity contribution in [1.29, 1.82) is 0 Å². The lowest BCUT2D eigenvalue weighted by molar-refractivity contribution is 0.762. The zero-order valence-electron chi connectivity index (χ0n) is 10.1. The van der Waals surface area contributed by atoms with Crippen molar-refractivity contribution in [1.82, 2.24) is 9.97 Å². The van der Waals surface area contributed by atoms with Crippen molar-refractivity contribution in [2.24, 2.45) is 0 Å². The van der Waals surface area contributed by atoms with E-state index < -0.39 is 0 Å². The Morgan fingerprint density at radius 3 is 2.27 bits per heavy atom. The van der Waals surface area contributed by atoms with E-state index in [-0.39, 0.29) is 0 Å². The first-order valence-corrected chi connectivity index (χ1v) is 6.84. The normalized spacial score (nSPS) is 10.7. The molecule has 1 aromatic rings. The van der Waals surface area contributed by atoms with E-state index in [0.717, 1.165) is 23.5 Å². The van der Waals surface area contributed by atoms with Crippen molar-refractivity contribution in [3.63, 3.8) is 0 Å². The van der Waals surface area contributed by atoms with Crippen LogP contribution >= 0.6 is 11.8 Å². The number of aromatic nitrogens is 2. The van der Waals surface area contributed by atoms with E-state index in [1.165, 1.54) is 24.3 Å². The average Bonchev–Trinajstić information content (AvgIpc) is 2.20. The molecule has 0 aliphatic heterocycles. The summed E-state index contributed by atoms with van der Waals surface area (Å²) in [5.74, 6) is 1.25. The highest BCUT2D eigenvalue weighted by Gasteiger charge is 2.04. The maximum atomic E-state index is 4.60. The molecule has 0 radical (unpaired) electrons. The SMILES string of the molecule is CSCCCCc1nc(C)c(C)nc1C. The summed E-state index contributed by atoms with van der Waals surface area (Å²) in [6, 6.07) is 0. The zero-order valence-corrected chi connectivity index (χ0v) is 10.9. The summed E-state index contributed by atoms with van der Waals surface area (Å²) >= 11 is 1.91. The van der Waals surface area contributed by atoms with E-state index >= 15 is 0 Å². The number of unbranched alkanes of at least 4 members (excludes halogenated alkanes) is 1. The Hall–Kier alpha value is -0.570. The van der Waals surface area contributed by atoms with Crippen molar-refractivity contribution < 1.29 is 0 Å². The third-order valence-electron chi connectivity index (χ3n) is 2.59. The minimum atomic E-state index is 1.06. The molecule has 3 heteroatoms. The fourth-order valence-corrected chi connectivity index (χ4v) is 2.03. The first-order valence-electron chi connectivity index (χ1n) is 5.44. The number of hydrogen-bond acceptors (Lipinski definition) is 3. The molecular formula is C12H20N2S. The minimum Gasteiger partial charge on any atom is -0.255 e. The predicted octanol–water partition coefficient (Wildman–Crippen LogP) is 3.09. The van der Waals surface area contributed by atoms with Gasteiger partial charge in [0.2, 0.25) is 0 Å². The Balaban J connectivity index is 2.57. The number of hydrogen-bond donors (Lipinski definition) is 0. The fraction of sp³-hybridized carbons (Fsp3) is 0.667. The Kier molecular flexibility index (Phi) is 5.09. The van der Waals surface area contributed by atoms with Crippen LogP contribution in [0.1, 0.15) is 35.6 Å². The van der Waals surface area contributed by atoms with Gasteiger partial charge in [0.15, 0.2) is 0 Å². The van der Waals surface area contributed by atoms with Gasteiger partial charge in [-0.15, -0.1) is 0 Å². The Morgan fingerprint density at radius 1 is 0.933 bits per heavy atom. The lowest BCUT2D eigenvalue weighted by atomic mass is 10.1. The zero-order chi connectivity index (χ0) is 11.3. The molecule has 0 saturated heterocycles. The quantitative estimate of drug-likeness (QED) is 0.719. The molecule has 1 rings (SSSR count). The summed E-state index contributed by atoms with van der Waals surface area (Å²) in [6.07, 6.45) is 5.72. The molecule has 84 valence electrons. The molecule has 0 aliphatic carbocycles. The molecule has 0 atom stereocenters. The van der Waals surface area contributed by atoms with Gasteiger partial charge in [0.25, 0.3) is 0 Å². The molecule has 2 nitrogen and oxygen atoms in total. The van der Waals surface area contributed by atoms with Crippen LogP contribution < -0.4 is 0 Å². The maximum absolute atomic E-state index is 4.60. The first kappa shape index (κ1) is 12.5. The van der Waals surface area contributed by atoms with Gasteiger partial charge in [-0.3, -0.25) is 9.97 Å².